The van der Waals surface area contributed by atoms with E-state index in [2.05, 4.69) is 31.9 Å². The number of sulfonamides is 1. The Hall–Kier alpha value is -0.400. The second kappa shape index (κ2) is 4.94. The number of halogens is 2. The average molecular weight is 397 g/mol. The molecule has 1 unspecified atom stereocenters. The highest BCUT2D eigenvalue weighted by molar-refractivity contribution is 9.11. The number of carbonyl (C=O) groups is 1. The predicted octanol–water partition coefficient (Wildman–Crippen LogP) is 2.77. The molecule has 1 aromatic carbocycles. The van der Waals surface area contributed by atoms with Gasteiger partial charge < -0.3 is 0 Å². The summed E-state index contributed by atoms with van der Waals surface area (Å²) >= 11 is 6.45. The summed E-state index contributed by atoms with van der Waals surface area (Å²) in [5.74, 6) is -0.271. The Kier molecular flexibility index (Phi) is 3.85. The predicted molar refractivity (Wildman–Crippen MR) is 74.5 cm³/mol. The molecule has 1 aliphatic rings. The fourth-order valence-electron chi connectivity index (χ4n) is 1.88. The molecule has 4 nitrogen and oxygen atoms in total. The molecule has 0 radical (unpaired) electrons. The smallest absolute Gasteiger partial charge is 0.267 e. The molecule has 0 saturated carbocycles. The van der Waals surface area contributed by atoms with Crippen molar-refractivity contribution < 1.29 is 13.2 Å². The molecular weight excluding hydrogens is 386 g/mol. The number of rotatable bonds is 2. The first-order chi connectivity index (χ1) is 8.32. The zero-order valence-corrected chi connectivity index (χ0v) is 13.5. The van der Waals surface area contributed by atoms with Gasteiger partial charge >= 0.3 is 0 Å². The minimum absolute atomic E-state index is 0.0678. The zero-order valence-electron chi connectivity index (χ0n) is 9.56. The molecule has 1 fully saturated rings. The molecule has 7 heteroatoms. The van der Waals surface area contributed by atoms with Crippen molar-refractivity contribution in [1.82, 2.24) is 4.31 Å². The molecule has 0 aliphatic carbocycles. The summed E-state index contributed by atoms with van der Waals surface area (Å²) in [7, 11) is -3.77. The van der Waals surface area contributed by atoms with Crippen molar-refractivity contribution in [1.29, 1.82) is 0 Å². The Morgan fingerprint density at radius 3 is 2.56 bits per heavy atom. The Morgan fingerprint density at radius 1 is 1.33 bits per heavy atom. The molecule has 18 heavy (non-hydrogen) atoms. The van der Waals surface area contributed by atoms with Gasteiger partial charge in [-0.05, 0) is 40.0 Å². The number of hydrogen-bond donors (Lipinski definition) is 0. The number of nitrogens with zero attached hydrogens (tertiary/aromatic N) is 1. The molecule has 1 aromatic rings. The van der Waals surface area contributed by atoms with Crippen molar-refractivity contribution in [3.05, 3.63) is 27.1 Å². The van der Waals surface area contributed by atoms with Gasteiger partial charge in [-0.2, -0.15) is 0 Å². The van der Waals surface area contributed by atoms with Crippen LogP contribution in [0.3, 0.4) is 0 Å². The van der Waals surface area contributed by atoms with Crippen molar-refractivity contribution >= 4 is 47.8 Å². The van der Waals surface area contributed by atoms with Gasteiger partial charge in [-0.25, -0.2) is 12.7 Å². The zero-order chi connectivity index (χ0) is 13.5. The highest BCUT2D eigenvalue weighted by atomic mass is 79.9. The quantitative estimate of drug-likeness (QED) is 0.772. The molecule has 1 aliphatic heterocycles. The highest BCUT2D eigenvalue weighted by Gasteiger charge is 2.37. The van der Waals surface area contributed by atoms with Gasteiger partial charge in [0.1, 0.15) is 4.90 Å². The van der Waals surface area contributed by atoms with Gasteiger partial charge in [-0.15, -0.1) is 0 Å². The second-order valence-electron chi connectivity index (χ2n) is 4.31. The van der Waals surface area contributed by atoms with E-state index in [-0.39, 0.29) is 29.7 Å². The van der Waals surface area contributed by atoms with Crippen LogP contribution in [-0.2, 0) is 14.8 Å². The van der Waals surface area contributed by atoms with Crippen LogP contribution in [0.15, 0.2) is 32.0 Å². The van der Waals surface area contributed by atoms with Gasteiger partial charge in [0.2, 0.25) is 5.91 Å². The first kappa shape index (κ1) is 14.0. The summed E-state index contributed by atoms with van der Waals surface area (Å²) in [4.78, 5) is 11.8. The van der Waals surface area contributed by atoms with E-state index < -0.39 is 10.0 Å². The maximum absolute atomic E-state index is 12.4. The number of amides is 1. The molecule has 1 saturated heterocycles. The Morgan fingerprint density at radius 2 is 2.00 bits per heavy atom. The molecule has 2 rings (SSSR count). The lowest BCUT2D eigenvalue weighted by molar-refractivity contribution is -0.123. The van der Waals surface area contributed by atoms with E-state index in [0.717, 1.165) is 4.31 Å². The summed E-state index contributed by atoms with van der Waals surface area (Å²) in [5, 5.41) is 0. The van der Waals surface area contributed by atoms with Crippen LogP contribution >= 0.6 is 31.9 Å². The third-order valence-corrected chi connectivity index (χ3v) is 6.01. The first-order valence-corrected chi connectivity index (χ1v) is 8.35. The molecule has 0 spiro atoms. The van der Waals surface area contributed by atoms with Crippen molar-refractivity contribution in [3.63, 3.8) is 0 Å². The van der Waals surface area contributed by atoms with E-state index >= 15 is 0 Å². The monoisotopic (exact) mass is 395 g/mol. The SMILES string of the molecule is CC1CC(=O)N(S(=O)(=O)c2cc(Br)ccc2Br)C1. The van der Waals surface area contributed by atoms with Crippen LogP contribution in [0.1, 0.15) is 13.3 Å². The van der Waals surface area contributed by atoms with Crippen molar-refractivity contribution in [2.45, 2.75) is 18.2 Å². The van der Waals surface area contributed by atoms with Crippen molar-refractivity contribution in [2.24, 2.45) is 5.92 Å². The molecule has 0 bridgehead atoms. The molecule has 1 amide bonds. The summed E-state index contributed by atoms with van der Waals surface area (Å²) in [6, 6.07) is 4.87. The normalized spacial score (nSPS) is 20.5. The third kappa shape index (κ3) is 2.48. The van der Waals surface area contributed by atoms with E-state index in [0.29, 0.717) is 8.95 Å². The lowest BCUT2D eigenvalue weighted by atomic mass is 10.2. The second-order valence-corrected chi connectivity index (χ2v) is 7.91. The standard InChI is InChI=1S/C11H11Br2NO3S/c1-7-4-11(15)14(6-7)18(16,17)10-5-8(12)2-3-9(10)13/h2-3,5,7H,4,6H2,1H3. The van der Waals surface area contributed by atoms with Crippen molar-refractivity contribution in [2.75, 3.05) is 6.54 Å². The first-order valence-electron chi connectivity index (χ1n) is 5.33. The molecule has 0 N–H and O–H groups in total. The minimum atomic E-state index is -3.77. The maximum Gasteiger partial charge on any atom is 0.267 e. The topological polar surface area (TPSA) is 54.5 Å². The van der Waals surface area contributed by atoms with E-state index in [1.54, 1.807) is 12.1 Å². The summed E-state index contributed by atoms with van der Waals surface area (Å²) in [5.41, 5.74) is 0. The van der Waals surface area contributed by atoms with E-state index in [1.165, 1.54) is 6.07 Å². The molecule has 1 atom stereocenters. The Balaban J connectivity index is 2.49. The van der Waals surface area contributed by atoms with Crippen LogP contribution in [-0.4, -0.2) is 25.2 Å². The van der Waals surface area contributed by atoms with E-state index in [9.17, 15) is 13.2 Å². The molecule has 98 valence electrons. The van der Waals surface area contributed by atoms with Gasteiger partial charge in [-0.3, -0.25) is 4.79 Å². The van der Waals surface area contributed by atoms with Crippen molar-refractivity contribution in [3.8, 4) is 0 Å². The average Bonchev–Trinajstić information content (AvgIpc) is 2.62. The Labute approximate surface area is 123 Å². The summed E-state index contributed by atoms with van der Waals surface area (Å²) in [6.45, 7) is 2.11. The van der Waals surface area contributed by atoms with Gasteiger partial charge in [0, 0.05) is 21.9 Å². The fraction of sp³-hybridized carbons (Fsp3) is 0.364. The van der Waals surface area contributed by atoms with E-state index in [1.807, 2.05) is 6.92 Å². The third-order valence-electron chi connectivity index (χ3n) is 2.74. The largest absolute Gasteiger partial charge is 0.274 e. The van der Waals surface area contributed by atoms with Crippen LogP contribution in [0.25, 0.3) is 0 Å². The molecular formula is C11H11Br2NO3S. The van der Waals surface area contributed by atoms with Crippen LogP contribution < -0.4 is 0 Å². The molecule has 1 heterocycles. The van der Waals surface area contributed by atoms with E-state index in [4.69, 9.17) is 0 Å². The summed E-state index contributed by atoms with van der Waals surface area (Å²) in [6.07, 6.45) is 0.283. The lowest BCUT2D eigenvalue weighted by Crippen LogP contribution is -2.32. The number of carbonyl (C=O) groups excluding carboxylic acids is 1. The minimum Gasteiger partial charge on any atom is -0.274 e. The van der Waals surface area contributed by atoms with Crippen LogP contribution in [0.4, 0.5) is 0 Å². The fourth-order valence-corrected chi connectivity index (χ4v) is 4.87. The van der Waals surface area contributed by atoms with Crippen LogP contribution in [0, 0.1) is 5.92 Å². The molecule has 0 aromatic heterocycles. The summed E-state index contributed by atoms with van der Waals surface area (Å²) < 4.78 is 26.9. The Bertz CT molecular complexity index is 600. The maximum atomic E-state index is 12.4. The van der Waals surface area contributed by atoms with Crippen LogP contribution in [0.2, 0.25) is 0 Å². The lowest BCUT2D eigenvalue weighted by Gasteiger charge is -2.17. The number of benzene rings is 1. The van der Waals surface area contributed by atoms with Gasteiger partial charge in [0.25, 0.3) is 10.0 Å². The van der Waals surface area contributed by atoms with Gasteiger partial charge in [0.05, 0.1) is 0 Å². The van der Waals surface area contributed by atoms with Gasteiger partial charge in [0.15, 0.2) is 0 Å². The highest BCUT2D eigenvalue weighted by Crippen LogP contribution is 2.31. The number of hydrogen-bond acceptors (Lipinski definition) is 3. The van der Waals surface area contributed by atoms with Gasteiger partial charge in [-0.1, -0.05) is 22.9 Å². The van der Waals surface area contributed by atoms with Crippen LogP contribution in [0.5, 0.6) is 0 Å².